The second-order valence-corrected chi connectivity index (χ2v) is 7.26. The van der Waals surface area contributed by atoms with Crippen LogP contribution >= 0.6 is 40.1 Å². The van der Waals surface area contributed by atoms with Crippen molar-refractivity contribution in [1.29, 1.82) is 0 Å². The molecule has 0 radical (unpaired) electrons. The Hall–Kier alpha value is -1.31. The second kappa shape index (κ2) is 9.99. The summed E-state index contributed by atoms with van der Waals surface area (Å²) in [4.78, 5) is 20.1. The third-order valence-corrected chi connectivity index (χ3v) is 5.58. The van der Waals surface area contributed by atoms with Gasteiger partial charge in [0.15, 0.2) is 11.0 Å². The number of ether oxygens (including phenoxy) is 1. The van der Waals surface area contributed by atoms with Gasteiger partial charge in [0.25, 0.3) is 0 Å². The van der Waals surface area contributed by atoms with Crippen LogP contribution in [0.15, 0.2) is 46.8 Å². The quantitative estimate of drug-likeness (QED) is 0.598. The van der Waals surface area contributed by atoms with Crippen LogP contribution in [0.1, 0.15) is 23.0 Å². The molecule has 0 bridgehead atoms. The lowest BCUT2D eigenvalue weighted by atomic mass is 10.2. The van der Waals surface area contributed by atoms with Gasteiger partial charge in [0.1, 0.15) is 5.75 Å². The van der Waals surface area contributed by atoms with Crippen molar-refractivity contribution < 1.29 is 9.53 Å². The molecule has 7 heteroatoms. The van der Waals surface area contributed by atoms with Gasteiger partial charge < -0.3 is 9.64 Å². The molecule has 25 heavy (non-hydrogen) atoms. The van der Waals surface area contributed by atoms with E-state index < -0.39 is 0 Å². The molecule has 2 aromatic rings. The van der Waals surface area contributed by atoms with E-state index in [1.54, 1.807) is 11.8 Å². The number of benzene rings is 1. The molecule has 1 aromatic carbocycles. The van der Waals surface area contributed by atoms with Crippen molar-refractivity contribution in [3.05, 3.63) is 46.7 Å². The first-order valence-electron chi connectivity index (χ1n) is 8.03. The fraction of sp³-hybridized carbons (Fsp3) is 0.333. The SMILES string of the molecule is Br.CCOc1ccccc1N(CC(=O)c1cccs1)C1=NCCCS1. The number of hydrogen-bond acceptors (Lipinski definition) is 6. The van der Waals surface area contributed by atoms with Crippen LogP contribution in [-0.4, -0.2) is 36.4 Å². The van der Waals surface area contributed by atoms with Gasteiger partial charge in [-0.2, -0.15) is 0 Å². The molecule has 0 unspecified atom stereocenters. The lowest BCUT2D eigenvalue weighted by Gasteiger charge is -2.28. The van der Waals surface area contributed by atoms with E-state index in [9.17, 15) is 4.79 Å². The molecule has 3 rings (SSSR count). The first kappa shape index (κ1) is 20.0. The number of Topliss-reactive ketones (excluding diaryl/α,β-unsaturated/α-hetero) is 1. The number of halogens is 1. The van der Waals surface area contributed by atoms with Crippen LogP contribution in [0.4, 0.5) is 5.69 Å². The summed E-state index contributed by atoms with van der Waals surface area (Å²) in [5.74, 6) is 1.91. The van der Waals surface area contributed by atoms with Gasteiger partial charge in [-0.05, 0) is 36.9 Å². The first-order chi connectivity index (χ1) is 11.8. The normalized spacial score (nSPS) is 13.6. The number of thiophene rings is 1. The van der Waals surface area contributed by atoms with E-state index in [1.165, 1.54) is 11.3 Å². The third-order valence-electron chi connectivity index (χ3n) is 3.57. The van der Waals surface area contributed by atoms with Crippen LogP contribution in [0.2, 0.25) is 0 Å². The molecule has 0 aliphatic carbocycles. The Bertz CT molecular complexity index is 720. The van der Waals surface area contributed by atoms with Crippen molar-refractivity contribution in [3.63, 3.8) is 0 Å². The number of rotatable bonds is 6. The Morgan fingerprint density at radius 2 is 2.12 bits per heavy atom. The number of ketones is 1. The van der Waals surface area contributed by atoms with E-state index in [-0.39, 0.29) is 29.3 Å². The highest BCUT2D eigenvalue weighted by atomic mass is 79.9. The lowest BCUT2D eigenvalue weighted by Crippen LogP contribution is -2.35. The number of thioether (sulfide) groups is 1. The smallest absolute Gasteiger partial charge is 0.192 e. The number of para-hydroxylation sites is 2. The summed E-state index contributed by atoms with van der Waals surface area (Å²) in [5.41, 5.74) is 0.900. The Labute approximate surface area is 167 Å². The van der Waals surface area contributed by atoms with Crippen molar-refractivity contribution in [2.75, 3.05) is 30.3 Å². The van der Waals surface area contributed by atoms with E-state index >= 15 is 0 Å². The number of carbonyl (C=O) groups excluding carboxylic acids is 1. The van der Waals surface area contributed by atoms with Crippen molar-refractivity contribution in [1.82, 2.24) is 0 Å². The molecule has 0 fully saturated rings. The van der Waals surface area contributed by atoms with Gasteiger partial charge >= 0.3 is 0 Å². The van der Waals surface area contributed by atoms with Crippen molar-refractivity contribution >= 4 is 56.7 Å². The molecule has 0 saturated carbocycles. The predicted octanol–water partition coefficient (Wildman–Crippen LogP) is 4.91. The number of nitrogens with zero attached hydrogens (tertiary/aromatic N) is 2. The minimum Gasteiger partial charge on any atom is -0.492 e. The van der Waals surface area contributed by atoms with Crippen LogP contribution in [-0.2, 0) is 0 Å². The molecule has 1 aromatic heterocycles. The molecule has 0 amide bonds. The standard InChI is InChI=1S/C18H20N2O2S2.BrH/c1-2-22-16-8-4-3-7-14(16)20(18-19-10-6-12-24-18)13-15(21)17-9-5-11-23-17;/h3-5,7-9,11H,2,6,10,12-13H2,1H3;1H. The summed E-state index contributed by atoms with van der Waals surface area (Å²) in [6, 6.07) is 11.6. The van der Waals surface area contributed by atoms with Crippen molar-refractivity contribution in [3.8, 4) is 5.75 Å². The number of anilines is 1. The maximum absolute atomic E-state index is 12.7. The molecule has 0 spiro atoms. The molecule has 4 nitrogen and oxygen atoms in total. The van der Waals surface area contributed by atoms with E-state index in [2.05, 4.69) is 4.99 Å². The Morgan fingerprint density at radius 3 is 2.80 bits per heavy atom. The maximum Gasteiger partial charge on any atom is 0.192 e. The zero-order valence-electron chi connectivity index (χ0n) is 14.0. The van der Waals surface area contributed by atoms with Gasteiger partial charge in [-0.1, -0.05) is 30.0 Å². The monoisotopic (exact) mass is 440 g/mol. The van der Waals surface area contributed by atoms with Gasteiger partial charge in [-0.25, -0.2) is 0 Å². The van der Waals surface area contributed by atoms with Gasteiger partial charge in [-0.15, -0.1) is 28.3 Å². The molecule has 0 N–H and O–H groups in total. The molecule has 1 aliphatic rings. The van der Waals surface area contributed by atoms with Crippen LogP contribution in [0, 0.1) is 0 Å². The van der Waals surface area contributed by atoms with Crippen LogP contribution in [0.5, 0.6) is 5.75 Å². The Morgan fingerprint density at radius 1 is 1.28 bits per heavy atom. The molecular formula is C18H21BrN2O2S2. The molecule has 2 heterocycles. The topological polar surface area (TPSA) is 41.9 Å². The Kier molecular flexibility index (Phi) is 7.99. The van der Waals surface area contributed by atoms with Crippen LogP contribution in [0.25, 0.3) is 0 Å². The van der Waals surface area contributed by atoms with E-state index in [1.807, 2.05) is 53.6 Å². The van der Waals surface area contributed by atoms with Gasteiger partial charge in [0.05, 0.1) is 23.7 Å². The minimum atomic E-state index is 0. The number of amidine groups is 1. The summed E-state index contributed by atoms with van der Waals surface area (Å²) < 4.78 is 5.77. The van der Waals surface area contributed by atoms with E-state index in [0.29, 0.717) is 6.61 Å². The second-order valence-electron chi connectivity index (χ2n) is 5.25. The minimum absolute atomic E-state index is 0. The largest absolute Gasteiger partial charge is 0.492 e. The van der Waals surface area contributed by atoms with Crippen molar-refractivity contribution in [2.45, 2.75) is 13.3 Å². The predicted molar refractivity (Wildman–Crippen MR) is 113 cm³/mol. The third kappa shape index (κ3) is 5.09. The lowest BCUT2D eigenvalue weighted by molar-refractivity contribution is 0.101. The zero-order chi connectivity index (χ0) is 16.8. The molecule has 0 atom stereocenters. The summed E-state index contributed by atoms with van der Waals surface area (Å²) in [6.07, 6.45) is 1.08. The highest BCUT2D eigenvalue weighted by molar-refractivity contribution is 8.93. The highest BCUT2D eigenvalue weighted by Gasteiger charge is 2.23. The number of aliphatic imine (C=N–C) groups is 1. The van der Waals surface area contributed by atoms with Crippen molar-refractivity contribution in [2.24, 2.45) is 4.99 Å². The average molecular weight is 441 g/mol. The molecular weight excluding hydrogens is 420 g/mol. The molecule has 0 saturated heterocycles. The van der Waals surface area contributed by atoms with Gasteiger partial charge in [0.2, 0.25) is 0 Å². The summed E-state index contributed by atoms with van der Waals surface area (Å²) in [6.45, 7) is 3.63. The highest BCUT2D eigenvalue weighted by Crippen LogP contribution is 2.32. The maximum atomic E-state index is 12.7. The van der Waals surface area contributed by atoms with Gasteiger partial charge in [-0.3, -0.25) is 9.79 Å². The Balaban J connectivity index is 0.00000225. The van der Waals surface area contributed by atoms with Gasteiger partial charge in [0, 0.05) is 12.3 Å². The zero-order valence-corrected chi connectivity index (χ0v) is 17.4. The number of carbonyl (C=O) groups is 1. The molecule has 134 valence electrons. The summed E-state index contributed by atoms with van der Waals surface area (Å²) in [5, 5.41) is 2.83. The average Bonchev–Trinajstić information content (AvgIpc) is 3.16. The van der Waals surface area contributed by atoms with Crippen LogP contribution < -0.4 is 9.64 Å². The summed E-state index contributed by atoms with van der Waals surface area (Å²) in [7, 11) is 0. The number of hydrogen-bond donors (Lipinski definition) is 0. The molecule has 1 aliphatic heterocycles. The fourth-order valence-electron chi connectivity index (χ4n) is 2.48. The van der Waals surface area contributed by atoms with E-state index in [0.717, 1.165) is 40.2 Å². The summed E-state index contributed by atoms with van der Waals surface area (Å²) >= 11 is 3.18. The fourth-order valence-corrected chi connectivity index (χ4v) is 4.10. The van der Waals surface area contributed by atoms with Crippen LogP contribution in [0.3, 0.4) is 0 Å². The first-order valence-corrected chi connectivity index (χ1v) is 9.89. The van der Waals surface area contributed by atoms with E-state index in [4.69, 9.17) is 4.74 Å².